The van der Waals surface area contributed by atoms with Crippen LogP contribution in [0, 0.1) is 23.3 Å². The number of likely N-dealkylation sites (N-methyl/N-ethyl adjacent to an activating group) is 1. The third kappa shape index (κ3) is 8.44. The van der Waals surface area contributed by atoms with Gasteiger partial charge in [0.2, 0.25) is 17.6 Å². The lowest BCUT2D eigenvalue weighted by Crippen LogP contribution is -2.44. The number of allylic oxidation sites excluding steroid dienone is 1. The molecule has 2 aromatic carbocycles. The molecule has 0 aliphatic heterocycles. The molecule has 0 aliphatic rings. The van der Waals surface area contributed by atoms with Crippen molar-refractivity contribution in [1.82, 2.24) is 24.3 Å². The Labute approximate surface area is 280 Å². The normalized spacial score (nSPS) is 11.7. The summed E-state index contributed by atoms with van der Waals surface area (Å²) in [6.45, 7) is -1.29. The van der Waals surface area contributed by atoms with Gasteiger partial charge in [-0.25, -0.2) is 32.3 Å². The number of methoxy groups -OCH3 is 1. The Hall–Kier alpha value is -6.20. The van der Waals surface area contributed by atoms with Crippen LogP contribution in [0.5, 0.6) is 5.75 Å². The molecule has 0 radical (unpaired) electrons. The highest BCUT2D eigenvalue weighted by atomic mass is 19.2. The first kappa shape index (κ1) is 36.6. The molecule has 264 valence electrons. The number of alkyl carbamates (subject to hydrolysis) is 1. The lowest BCUT2D eigenvalue weighted by Gasteiger charge is -2.17. The molecule has 3 N–H and O–H groups in total. The van der Waals surface area contributed by atoms with Gasteiger partial charge in [0.1, 0.15) is 41.3 Å². The summed E-state index contributed by atoms with van der Waals surface area (Å²) in [6.07, 6.45) is 1.59. The highest BCUT2D eigenvalue weighted by Crippen LogP contribution is 2.32. The topological polar surface area (TPSA) is 174 Å². The summed E-state index contributed by atoms with van der Waals surface area (Å²) in [4.78, 5) is 67.9. The number of ether oxygens (including phenoxy) is 2. The van der Waals surface area contributed by atoms with Crippen LogP contribution >= 0.6 is 0 Å². The van der Waals surface area contributed by atoms with E-state index in [9.17, 15) is 46.6 Å². The zero-order valence-corrected chi connectivity index (χ0v) is 26.7. The standard InChI is InChI=1S/C32H30F4N6O8/c1-40(2)25(43)9-5-4-7-21(38-31(46)49-3)29(44)37-22-8-6-12-41(30(22)45)15-24-39-27-23(42(24)32(47)48)14-20(35)26(36)28(27)50-16-17-10-11-18(33)13-19(17)34/h5-6,8-14,21H,4,7,15-16H2,1-3H3,(H,37,44)(H,38,46)(H,47,48)/b9-5+. The molecule has 4 rings (SSSR count). The van der Waals surface area contributed by atoms with Crippen LogP contribution in [0.4, 0.5) is 32.8 Å². The number of aromatic nitrogens is 3. The quantitative estimate of drug-likeness (QED) is 0.146. The predicted molar refractivity (Wildman–Crippen MR) is 169 cm³/mol. The Morgan fingerprint density at radius 1 is 1.08 bits per heavy atom. The summed E-state index contributed by atoms with van der Waals surface area (Å²) in [5.41, 5.74) is -2.28. The summed E-state index contributed by atoms with van der Waals surface area (Å²) >= 11 is 0. The molecule has 18 heteroatoms. The maximum atomic E-state index is 14.9. The molecule has 3 amide bonds. The van der Waals surface area contributed by atoms with E-state index in [1.165, 1.54) is 35.4 Å². The van der Waals surface area contributed by atoms with Crippen LogP contribution in [-0.4, -0.2) is 75.4 Å². The third-order valence-electron chi connectivity index (χ3n) is 7.16. The van der Waals surface area contributed by atoms with E-state index in [1.807, 2.05) is 0 Å². The van der Waals surface area contributed by atoms with Crippen molar-refractivity contribution in [3.05, 3.63) is 99.8 Å². The Balaban J connectivity index is 1.63. The van der Waals surface area contributed by atoms with Gasteiger partial charge in [0.05, 0.1) is 19.2 Å². The smallest absolute Gasteiger partial charge is 0.417 e. The van der Waals surface area contributed by atoms with Gasteiger partial charge in [0.25, 0.3) is 5.56 Å². The molecule has 14 nitrogen and oxygen atoms in total. The van der Waals surface area contributed by atoms with Crippen LogP contribution in [-0.2, 0) is 27.5 Å². The van der Waals surface area contributed by atoms with E-state index in [2.05, 4.69) is 20.4 Å². The van der Waals surface area contributed by atoms with Gasteiger partial charge in [0.15, 0.2) is 11.6 Å². The second-order valence-corrected chi connectivity index (χ2v) is 10.8. The molecule has 1 atom stereocenters. The number of amides is 3. The molecule has 4 aromatic rings. The highest BCUT2D eigenvalue weighted by molar-refractivity contribution is 5.96. The van der Waals surface area contributed by atoms with Crippen molar-refractivity contribution in [3.8, 4) is 5.75 Å². The second kappa shape index (κ2) is 15.8. The lowest BCUT2D eigenvalue weighted by atomic mass is 10.1. The average Bonchev–Trinajstić information content (AvgIpc) is 3.42. The van der Waals surface area contributed by atoms with E-state index < -0.39 is 88.7 Å². The summed E-state index contributed by atoms with van der Waals surface area (Å²) in [5.74, 6) is -7.35. The third-order valence-corrected chi connectivity index (χ3v) is 7.16. The summed E-state index contributed by atoms with van der Waals surface area (Å²) in [5, 5.41) is 14.7. The van der Waals surface area contributed by atoms with Crippen LogP contribution in [0.25, 0.3) is 11.0 Å². The zero-order valence-electron chi connectivity index (χ0n) is 26.7. The van der Waals surface area contributed by atoms with Crippen molar-refractivity contribution in [1.29, 1.82) is 0 Å². The minimum Gasteiger partial charge on any atom is -0.483 e. The number of pyridine rings is 1. The number of rotatable bonds is 12. The van der Waals surface area contributed by atoms with E-state index in [-0.39, 0.29) is 30.0 Å². The van der Waals surface area contributed by atoms with Crippen molar-refractivity contribution in [2.45, 2.75) is 32.0 Å². The van der Waals surface area contributed by atoms with Crippen molar-refractivity contribution < 1.29 is 51.3 Å². The average molecular weight is 703 g/mol. The van der Waals surface area contributed by atoms with E-state index in [0.29, 0.717) is 16.7 Å². The van der Waals surface area contributed by atoms with Gasteiger partial charge < -0.3 is 34.7 Å². The van der Waals surface area contributed by atoms with Gasteiger partial charge in [-0.2, -0.15) is 4.39 Å². The first-order valence-electron chi connectivity index (χ1n) is 14.6. The number of halogens is 4. The van der Waals surface area contributed by atoms with Crippen LogP contribution in [0.15, 0.2) is 59.5 Å². The van der Waals surface area contributed by atoms with Crippen molar-refractivity contribution in [2.75, 3.05) is 26.5 Å². The predicted octanol–water partition coefficient (Wildman–Crippen LogP) is 4.00. The number of nitrogens with one attached hydrogen (secondary N) is 2. The maximum Gasteiger partial charge on any atom is 0.417 e. The second-order valence-electron chi connectivity index (χ2n) is 10.8. The number of hydrogen-bond acceptors (Lipinski definition) is 8. The number of carboxylic acid groups (broad SMARTS) is 1. The maximum absolute atomic E-state index is 14.9. The summed E-state index contributed by atoms with van der Waals surface area (Å²) < 4.78 is 68.4. The van der Waals surface area contributed by atoms with E-state index in [1.54, 1.807) is 14.1 Å². The van der Waals surface area contributed by atoms with Crippen LogP contribution in [0.2, 0.25) is 0 Å². The largest absolute Gasteiger partial charge is 0.483 e. The molecule has 0 fully saturated rings. The molecule has 0 bridgehead atoms. The van der Waals surface area contributed by atoms with Crippen molar-refractivity contribution in [2.24, 2.45) is 0 Å². The van der Waals surface area contributed by atoms with E-state index in [0.717, 1.165) is 23.8 Å². The molecule has 0 aliphatic carbocycles. The number of carbonyl (C=O) groups is 4. The first-order valence-corrected chi connectivity index (χ1v) is 14.6. The Kier molecular flexibility index (Phi) is 11.6. The number of carbonyl (C=O) groups excluding carboxylic acids is 3. The minimum atomic E-state index is -1.68. The van der Waals surface area contributed by atoms with Gasteiger partial charge in [0, 0.05) is 38.0 Å². The molecule has 2 aromatic heterocycles. The fourth-order valence-electron chi connectivity index (χ4n) is 4.61. The minimum absolute atomic E-state index is 0.00707. The summed E-state index contributed by atoms with van der Waals surface area (Å²) in [7, 11) is 4.19. The molecule has 1 unspecified atom stereocenters. The monoisotopic (exact) mass is 702 g/mol. The molecule has 0 saturated carbocycles. The first-order chi connectivity index (χ1) is 23.7. The van der Waals surface area contributed by atoms with Crippen LogP contribution in [0.3, 0.4) is 0 Å². The van der Waals surface area contributed by atoms with E-state index in [4.69, 9.17) is 4.74 Å². The van der Waals surface area contributed by atoms with Gasteiger partial charge in [-0.1, -0.05) is 6.08 Å². The number of nitrogens with zero attached hydrogens (tertiary/aromatic N) is 4. The van der Waals surface area contributed by atoms with Gasteiger partial charge in [-0.15, -0.1) is 0 Å². The Morgan fingerprint density at radius 2 is 1.82 bits per heavy atom. The molecular weight excluding hydrogens is 672 g/mol. The highest BCUT2D eigenvalue weighted by Gasteiger charge is 2.26. The molecule has 2 heterocycles. The number of anilines is 1. The number of imidazole rings is 1. The molecule has 50 heavy (non-hydrogen) atoms. The van der Waals surface area contributed by atoms with Gasteiger partial charge >= 0.3 is 12.2 Å². The van der Waals surface area contributed by atoms with Gasteiger partial charge in [-0.3, -0.25) is 14.4 Å². The number of benzene rings is 2. The zero-order chi connectivity index (χ0) is 36.7. The van der Waals surface area contributed by atoms with Crippen LogP contribution < -0.4 is 20.9 Å². The van der Waals surface area contributed by atoms with E-state index >= 15 is 0 Å². The molecular formula is C32H30F4N6O8. The fraction of sp³-hybridized carbons (Fsp3) is 0.250. The van der Waals surface area contributed by atoms with Crippen molar-refractivity contribution in [3.63, 3.8) is 0 Å². The van der Waals surface area contributed by atoms with Gasteiger partial charge in [-0.05, 0) is 43.2 Å². The van der Waals surface area contributed by atoms with Crippen molar-refractivity contribution >= 4 is 40.7 Å². The molecule has 0 saturated heterocycles. The SMILES string of the molecule is COC(=O)NC(CC/C=C/C(=O)N(C)C)C(=O)Nc1cccn(Cc2nc3c(OCc4ccc(F)cc4F)c(F)c(F)cc3n2C(=O)O)c1=O. The molecule has 0 spiro atoms. The Morgan fingerprint density at radius 3 is 2.48 bits per heavy atom. The van der Waals surface area contributed by atoms with Crippen LogP contribution in [0.1, 0.15) is 24.2 Å². The summed E-state index contributed by atoms with van der Waals surface area (Å²) in [6, 6.07) is 4.44. The number of hydrogen-bond donors (Lipinski definition) is 3. The Bertz CT molecular complexity index is 2050. The lowest BCUT2D eigenvalue weighted by molar-refractivity contribution is -0.123. The number of fused-ring (bicyclic) bond motifs is 1. The fourth-order valence-corrected chi connectivity index (χ4v) is 4.61.